The van der Waals surface area contributed by atoms with Gasteiger partial charge in [-0.25, -0.2) is 0 Å². The third kappa shape index (κ3) is 3.12. The molecule has 0 saturated carbocycles. The molecule has 76 valence electrons. The maximum Gasteiger partial charge on any atom is 0.0489 e. The zero-order chi connectivity index (χ0) is 10.6. The maximum atomic E-state index is 6.07. The summed E-state index contributed by atoms with van der Waals surface area (Å²) in [5, 5.41) is 0.749. The highest BCUT2D eigenvalue weighted by Crippen LogP contribution is 2.23. The van der Waals surface area contributed by atoms with Crippen molar-refractivity contribution in [2.24, 2.45) is 5.73 Å². The molecule has 1 rings (SSSR count). The Kier molecular flexibility index (Phi) is 4.66. The molecule has 0 aromatic heterocycles. The number of hydrogen-bond acceptors (Lipinski definition) is 1. The van der Waals surface area contributed by atoms with Gasteiger partial charge in [-0.3, -0.25) is 0 Å². The van der Waals surface area contributed by atoms with Crippen LogP contribution in [0.25, 0.3) is 6.08 Å². The van der Waals surface area contributed by atoms with Crippen LogP contribution in [0, 0.1) is 0 Å². The zero-order valence-corrected chi connectivity index (χ0v) is 10.4. The summed E-state index contributed by atoms with van der Waals surface area (Å²) in [5.41, 5.74) is 7.82. The van der Waals surface area contributed by atoms with Crippen molar-refractivity contribution >= 4 is 33.6 Å². The Hall–Kier alpha value is -0.310. The van der Waals surface area contributed by atoms with Crippen LogP contribution in [0.4, 0.5) is 0 Å². The lowest BCUT2D eigenvalue weighted by molar-refractivity contribution is 1.02. The maximum absolute atomic E-state index is 6.07. The van der Waals surface area contributed by atoms with Crippen molar-refractivity contribution in [3.05, 3.63) is 38.8 Å². The summed E-state index contributed by atoms with van der Waals surface area (Å²) in [7, 11) is 0. The molecule has 0 spiro atoms. The van der Waals surface area contributed by atoms with Crippen LogP contribution >= 0.6 is 27.5 Å². The molecular formula is C11H13BrClN. The molecule has 3 heteroatoms. The van der Waals surface area contributed by atoms with Crippen molar-refractivity contribution in [2.75, 3.05) is 6.54 Å². The van der Waals surface area contributed by atoms with E-state index in [1.165, 1.54) is 5.57 Å². The van der Waals surface area contributed by atoms with Crippen LogP contribution < -0.4 is 5.73 Å². The van der Waals surface area contributed by atoms with Gasteiger partial charge in [0.15, 0.2) is 0 Å². The minimum absolute atomic E-state index is 0.586. The average Bonchev–Trinajstić information content (AvgIpc) is 2.17. The summed E-state index contributed by atoms with van der Waals surface area (Å²) in [6.45, 7) is 2.67. The van der Waals surface area contributed by atoms with Gasteiger partial charge in [-0.2, -0.15) is 0 Å². The third-order valence-corrected chi connectivity index (χ3v) is 2.86. The lowest BCUT2D eigenvalue weighted by Crippen LogP contribution is -2.01. The van der Waals surface area contributed by atoms with Gasteiger partial charge in [0.1, 0.15) is 0 Å². The van der Waals surface area contributed by atoms with Gasteiger partial charge in [-0.05, 0) is 24.1 Å². The second-order valence-corrected chi connectivity index (χ2v) is 4.35. The van der Waals surface area contributed by atoms with E-state index in [0.717, 1.165) is 21.5 Å². The number of hydrogen-bond donors (Lipinski definition) is 1. The Balaban J connectivity index is 3.02. The molecule has 0 unspecified atom stereocenters. The largest absolute Gasteiger partial charge is 0.327 e. The molecule has 1 aromatic rings. The van der Waals surface area contributed by atoms with Gasteiger partial charge >= 0.3 is 0 Å². The summed E-state index contributed by atoms with van der Waals surface area (Å²) in [6.07, 6.45) is 3.01. The second kappa shape index (κ2) is 5.54. The van der Waals surface area contributed by atoms with E-state index in [0.29, 0.717) is 6.54 Å². The van der Waals surface area contributed by atoms with Crippen LogP contribution in [-0.2, 0) is 0 Å². The normalized spacial score (nSPS) is 11.9. The summed E-state index contributed by atoms with van der Waals surface area (Å²) in [6, 6.07) is 5.84. The third-order valence-electron chi connectivity index (χ3n) is 2.04. The van der Waals surface area contributed by atoms with Crippen LogP contribution in [0.5, 0.6) is 0 Å². The molecule has 0 fully saturated rings. The van der Waals surface area contributed by atoms with Crippen molar-refractivity contribution in [1.29, 1.82) is 0 Å². The molecule has 2 N–H and O–H groups in total. The second-order valence-electron chi connectivity index (χ2n) is 3.03. The molecule has 0 aliphatic heterocycles. The zero-order valence-electron chi connectivity index (χ0n) is 8.06. The number of rotatable bonds is 3. The van der Waals surface area contributed by atoms with Gasteiger partial charge in [0.2, 0.25) is 0 Å². The SMILES string of the molecule is CC/C(=C/c1ccc(Br)cc1Cl)CN. The lowest BCUT2D eigenvalue weighted by atomic mass is 10.1. The van der Waals surface area contributed by atoms with Crippen molar-refractivity contribution in [2.45, 2.75) is 13.3 Å². The first-order chi connectivity index (χ1) is 6.67. The van der Waals surface area contributed by atoms with E-state index < -0.39 is 0 Å². The van der Waals surface area contributed by atoms with Crippen LogP contribution in [0.15, 0.2) is 28.2 Å². The Morgan fingerprint density at radius 3 is 2.79 bits per heavy atom. The van der Waals surface area contributed by atoms with Crippen LogP contribution in [0.1, 0.15) is 18.9 Å². The predicted molar refractivity (Wildman–Crippen MR) is 66.5 cm³/mol. The molecule has 0 aliphatic rings. The fraction of sp³-hybridized carbons (Fsp3) is 0.273. The van der Waals surface area contributed by atoms with Gasteiger partial charge in [-0.1, -0.05) is 52.2 Å². The molecule has 0 bridgehead atoms. The average molecular weight is 275 g/mol. The topological polar surface area (TPSA) is 26.0 Å². The fourth-order valence-corrected chi connectivity index (χ4v) is 1.87. The smallest absolute Gasteiger partial charge is 0.0489 e. The van der Waals surface area contributed by atoms with Crippen molar-refractivity contribution < 1.29 is 0 Å². The minimum atomic E-state index is 0.586. The quantitative estimate of drug-likeness (QED) is 0.890. The monoisotopic (exact) mass is 273 g/mol. The van der Waals surface area contributed by atoms with Crippen LogP contribution in [0.2, 0.25) is 5.02 Å². The van der Waals surface area contributed by atoms with E-state index in [-0.39, 0.29) is 0 Å². The highest BCUT2D eigenvalue weighted by molar-refractivity contribution is 9.10. The molecule has 0 atom stereocenters. The molecule has 1 nitrogen and oxygen atoms in total. The van der Waals surface area contributed by atoms with Crippen molar-refractivity contribution in [3.63, 3.8) is 0 Å². The number of halogens is 2. The lowest BCUT2D eigenvalue weighted by Gasteiger charge is -2.03. The highest BCUT2D eigenvalue weighted by Gasteiger charge is 1.99. The summed E-state index contributed by atoms with van der Waals surface area (Å²) in [5.74, 6) is 0. The van der Waals surface area contributed by atoms with Gasteiger partial charge < -0.3 is 5.73 Å². The van der Waals surface area contributed by atoms with E-state index in [1.54, 1.807) is 0 Å². The van der Waals surface area contributed by atoms with Crippen LogP contribution in [0.3, 0.4) is 0 Å². The summed E-state index contributed by atoms with van der Waals surface area (Å²) in [4.78, 5) is 0. The molecule has 14 heavy (non-hydrogen) atoms. The summed E-state index contributed by atoms with van der Waals surface area (Å²) >= 11 is 9.44. The predicted octanol–water partition coefficient (Wildman–Crippen LogP) is 3.85. The molecular weight excluding hydrogens is 261 g/mol. The number of benzene rings is 1. The van der Waals surface area contributed by atoms with Crippen molar-refractivity contribution in [3.8, 4) is 0 Å². The molecule has 0 saturated heterocycles. The highest BCUT2D eigenvalue weighted by atomic mass is 79.9. The number of nitrogens with two attached hydrogens (primary N) is 1. The van der Waals surface area contributed by atoms with Crippen LogP contribution in [-0.4, -0.2) is 6.54 Å². The molecule has 0 heterocycles. The van der Waals surface area contributed by atoms with Gasteiger partial charge in [-0.15, -0.1) is 0 Å². The van der Waals surface area contributed by atoms with Gasteiger partial charge in [0.05, 0.1) is 0 Å². The standard InChI is InChI=1S/C11H13BrClN/c1-2-8(7-14)5-9-3-4-10(12)6-11(9)13/h3-6H,2,7,14H2,1H3/b8-5-. The minimum Gasteiger partial charge on any atom is -0.327 e. The Labute approximate surface area is 98.1 Å². The van der Waals surface area contributed by atoms with E-state index in [1.807, 2.05) is 18.2 Å². The Morgan fingerprint density at radius 1 is 1.57 bits per heavy atom. The van der Waals surface area contributed by atoms with Crippen molar-refractivity contribution in [1.82, 2.24) is 0 Å². The van der Waals surface area contributed by atoms with E-state index >= 15 is 0 Å². The molecule has 0 radical (unpaired) electrons. The van der Waals surface area contributed by atoms with E-state index in [4.69, 9.17) is 17.3 Å². The first-order valence-corrected chi connectivity index (χ1v) is 5.69. The Morgan fingerprint density at radius 2 is 2.29 bits per heavy atom. The first-order valence-electron chi connectivity index (χ1n) is 4.52. The Bertz CT molecular complexity index is 341. The molecule has 1 aromatic carbocycles. The fourth-order valence-electron chi connectivity index (χ4n) is 1.14. The first kappa shape index (κ1) is 11.8. The van der Waals surface area contributed by atoms with Gasteiger partial charge in [0, 0.05) is 16.0 Å². The molecule has 0 amide bonds. The van der Waals surface area contributed by atoms with E-state index in [9.17, 15) is 0 Å². The van der Waals surface area contributed by atoms with Gasteiger partial charge in [0.25, 0.3) is 0 Å². The molecule has 0 aliphatic carbocycles. The van der Waals surface area contributed by atoms with E-state index in [2.05, 4.69) is 28.9 Å². The summed E-state index contributed by atoms with van der Waals surface area (Å²) < 4.78 is 0.991.